The summed E-state index contributed by atoms with van der Waals surface area (Å²) in [6.45, 7) is 9.16. The summed E-state index contributed by atoms with van der Waals surface area (Å²) >= 11 is 0. The summed E-state index contributed by atoms with van der Waals surface area (Å²) < 4.78 is 0. The first-order chi connectivity index (χ1) is 13.8. The van der Waals surface area contributed by atoms with Crippen LogP contribution in [-0.2, 0) is 4.79 Å². The minimum absolute atomic E-state index is 0.0313. The third-order valence-electron chi connectivity index (χ3n) is 8.24. The van der Waals surface area contributed by atoms with Crippen LogP contribution in [0, 0.1) is 16.7 Å². The zero-order chi connectivity index (χ0) is 21.8. The molecule has 2 bridgehead atoms. The molecule has 0 spiro atoms. The smallest absolute Gasteiger partial charge is 0.303 e. The number of carboxylic acids is 1. The summed E-state index contributed by atoms with van der Waals surface area (Å²) in [7, 11) is 0. The van der Waals surface area contributed by atoms with E-state index in [2.05, 4.69) is 27.7 Å². The molecule has 0 aromatic carbocycles. The summed E-state index contributed by atoms with van der Waals surface area (Å²) in [5, 5.41) is 18.3. The van der Waals surface area contributed by atoms with E-state index in [0.29, 0.717) is 11.8 Å². The number of hydrogen-bond donors (Lipinski definition) is 2. The molecular weight excluding hydrogens is 360 g/mol. The molecule has 3 nitrogen and oxygen atoms in total. The number of aliphatic hydroxyl groups excluding tert-OH is 1. The van der Waals surface area contributed by atoms with Crippen LogP contribution >= 0.6 is 0 Å². The molecule has 3 atom stereocenters. The van der Waals surface area contributed by atoms with Crippen molar-refractivity contribution in [2.75, 3.05) is 0 Å². The Morgan fingerprint density at radius 2 is 1.28 bits per heavy atom. The van der Waals surface area contributed by atoms with E-state index >= 15 is 0 Å². The Labute approximate surface area is 181 Å². The van der Waals surface area contributed by atoms with Crippen LogP contribution in [0.15, 0.2) is 0 Å². The minimum atomic E-state index is -0.655. The van der Waals surface area contributed by atoms with E-state index in [1.54, 1.807) is 0 Å². The summed E-state index contributed by atoms with van der Waals surface area (Å²) in [4.78, 5) is 10.3. The molecule has 29 heavy (non-hydrogen) atoms. The van der Waals surface area contributed by atoms with Gasteiger partial charge in [0.2, 0.25) is 0 Å². The topological polar surface area (TPSA) is 57.5 Å². The van der Waals surface area contributed by atoms with Gasteiger partial charge >= 0.3 is 5.97 Å². The van der Waals surface area contributed by atoms with Gasteiger partial charge in [0.05, 0.1) is 6.10 Å². The maximum Gasteiger partial charge on any atom is 0.303 e. The zero-order valence-electron chi connectivity index (χ0n) is 20.0. The second-order valence-electron chi connectivity index (χ2n) is 10.5. The largest absolute Gasteiger partial charge is 0.481 e. The summed E-state index contributed by atoms with van der Waals surface area (Å²) in [6.07, 6.45) is 20.8. The number of fused-ring (bicyclic) bond motifs is 2. The van der Waals surface area contributed by atoms with Gasteiger partial charge in [-0.2, -0.15) is 0 Å². The molecule has 0 aromatic heterocycles. The number of hydrogen-bond acceptors (Lipinski definition) is 2. The second kappa shape index (κ2) is 13.7. The van der Waals surface area contributed by atoms with Gasteiger partial charge in [-0.25, -0.2) is 0 Å². The molecule has 2 rings (SSSR count). The molecule has 2 aliphatic rings. The number of carbonyl (C=O) groups is 1. The summed E-state index contributed by atoms with van der Waals surface area (Å²) in [5.41, 5.74) is 0.601. The van der Waals surface area contributed by atoms with Gasteiger partial charge in [0.25, 0.3) is 0 Å². The highest BCUT2D eigenvalue weighted by molar-refractivity contribution is 5.66. The van der Waals surface area contributed by atoms with Gasteiger partial charge in [-0.05, 0) is 42.4 Å². The van der Waals surface area contributed by atoms with Crippen LogP contribution in [0.25, 0.3) is 0 Å². The van der Waals surface area contributed by atoms with Crippen LogP contribution in [0.5, 0.6) is 0 Å². The van der Waals surface area contributed by atoms with E-state index in [-0.39, 0.29) is 11.5 Å². The number of carboxylic acid groups (broad SMARTS) is 1. The molecule has 2 aliphatic carbocycles. The van der Waals surface area contributed by atoms with Crippen molar-refractivity contribution in [3.05, 3.63) is 0 Å². The fourth-order valence-corrected chi connectivity index (χ4v) is 5.46. The average molecular weight is 411 g/mol. The molecule has 3 unspecified atom stereocenters. The summed E-state index contributed by atoms with van der Waals surface area (Å²) in [5.74, 6) is 0.126. The first-order valence-corrected chi connectivity index (χ1v) is 12.7. The van der Waals surface area contributed by atoms with Crippen LogP contribution in [0.3, 0.4) is 0 Å². The molecule has 0 radical (unpaired) electrons. The molecule has 172 valence electrons. The van der Waals surface area contributed by atoms with Gasteiger partial charge < -0.3 is 10.2 Å². The number of aliphatic carboxylic acids is 1. The Hall–Kier alpha value is -0.570. The van der Waals surface area contributed by atoms with Crippen LogP contribution in [0.4, 0.5) is 0 Å². The lowest BCUT2D eigenvalue weighted by Gasteiger charge is -2.36. The van der Waals surface area contributed by atoms with Gasteiger partial charge in [-0.3, -0.25) is 4.79 Å². The second-order valence-corrected chi connectivity index (χ2v) is 10.5. The molecule has 2 N–H and O–H groups in total. The van der Waals surface area contributed by atoms with Gasteiger partial charge in [-0.1, -0.05) is 105 Å². The van der Waals surface area contributed by atoms with Gasteiger partial charge in [0.15, 0.2) is 0 Å². The highest BCUT2D eigenvalue weighted by Crippen LogP contribution is 2.65. The lowest BCUT2D eigenvalue weighted by molar-refractivity contribution is -0.137. The highest BCUT2D eigenvalue weighted by atomic mass is 16.4. The molecule has 0 aromatic rings. The number of rotatable bonds is 14. The molecule has 0 saturated heterocycles. The SMILES string of the molecule is CC1(C)C2CCC1(C)C(O)C2.CCCCCCCCCCCCCCCC(=O)O. The Morgan fingerprint density at radius 3 is 1.55 bits per heavy atom. The maximum absolute atomic E-state index is 10.3. The predicted molar refractivity (Wildman–Crippen MR) is 123 cm³/mol. The quantitative estimate of drug-likeness (QED) is 0.288. The highest BCUT2D eigenvalue weighted by Gasteiger charge is 2.60. The molecule has 3 heteroatoms. The van der Waals surface area contributed by atoms with Crippen molar-refractivity contribution in [3.8, 4) is 0 Å². The van der Waals surface area contributed by atoms with E-state index in [9.17, 15) is 9.90 Å². The van der Waals surface area contributed by atoms with E-state index in [0.717, 1.165) is 25.2 Å². The third kappa shape index (κ3) is 8.59. The Bertz CT molecular complexity index is 445. The molecule has 0 heterocycles. The molecular formula is C26H50O3. The summed E-state index contributed by atoms with van der Waals surface area (Å²) in [6, 6.07) is 0. The van der Waals surface area contributed by atoms with Crippen molar-refractivity contribution >= 4 is 5.97 Å². The van der Waals surface area contributed by atoms with Crippen molar-refractivity contribution in [1.82, 2.24) is 0 Å². The van der Waals surface area contributed by atoms with Crippen LogP contribution in [0.1, 0.15) is 137 Å². The molecule has 0 aliphatic heterocycles. The van der Waals surface area contributed by atoms with Crippen LogP contribution < -0.4 is 0 Å². The molecule has 0 amide bonds. The fraction of sp³-hybridized carbons (Fsp3) is 0.962. The van der Waals surface area contributed by atoms with Crippen LogP contribution in [-0.4, -0.2) is 22.3 Å². The van der Waals surface area contributed by atoms with Crippen molar-refractivity contribution in [3.63, 3.8) is 0 Å². The minimum Gasteiger partial charge on any atom is -0.481 e. The Kier molecular flexibility index (Phi) is 12.5. The first kappa shape index (κ1) is 26.5. The van der Waals surface area contributed by atoms with Gasteiger partial charge in [-0.15, -0.1) is 0 Å². The standard InChI is InChI=1S/C16H32O2.C10H18O/c1-2-3-4-5-6-7-8-9-10-11-12-13-14-15-16(17)18;1-9(2)7-4-5-10(9,3)8(11)6-7/h2-15H2,1H3,(H,17,18);7-8,11H,4-6H2,1-3H3. The van der Waals surface area contributed by atoms with Crippen molar-refractivity contribution in [2.24, 2.45) is 16.7 Å². The first-order valence-electron chi connectivity index (χ1n) is 12.7. The van der Waals surface area contributed by atoms with Crippen molar-refractivity contribution in [1.29, 1.82) is 0 Å². The predicted octanol–water partition coefficient (Wildman–Crippen LogP) is 7.75. The van der Waals surface area contributed by atoms with E-state index in [4.69, 9.17) is 5.11 Å². The van der Waals surface area contributed by atoms with E-state index in [1.807, 2.05) is 0 Å². The fourth-order valence-electron chi connectivity index (χ4n) is 5.46. The molecule has 2 saturated carbocycles. The Morgan fingerprint density at radius 1 is 0.828 bits per heavy atom. The van der Waals surface area contributed by atoms with Crippen molar-refractivity contribution < 1.29 is 15.0 Å². The number of unbranched alkanes of at least 4 members (excludes halogenated alkanes) is 12. The van der Waals surface area contributed by atoms with E-state index < -0.39 is 5.97 Å². The zero-order valence-corrected chi connectivity index (χ0v) is 20.0. The monoisotopic (exact) mass is 410 g/mol. The lowest BCUT2D eigenvalue weighted by atomic mass is 9.70. The average Bonchev–Trinajstić information content (AvgIpc) is 2.99. The lowest BCUT2D eigenvalue weighted by Crippen LogP contribution is -2.35. The van der Waals surface area contributed by atoms with Crippen LogP contribution in [0.2, 0.25) is 0 Å². The third-order valence-corrected chi connectivity index (χ3v) is 8.24. The maximum atomic E-state index is 10.3. The van der Waals surface area contributed by atoms with Gasteiger partial charge in [0, 0.05) is 6.42 Å². The van der Waals surface area contributed by atoms with E-state index in [1.165, 1.54) is 83.5 Å². The van der Waals surface area contributed by atoms with Gasteiger partial charge in [0.1, 0.15) is 0 Å². The molecule has 2 fully saturated rings. The normalized spacial score (nSPS) is 26.9. The number of aliphatic hydroxyl groups is 1. The van der Waals surface area contributed by atoms with Crippen molar-refractivity contribution in [2.45, 2.75) is 143 Å². The Balaban J connectivity index is 0.000000321.